The lowest BCUT2D eigenvalue weighted by Crippen LogP contribution is -2.22. The van der Waals surface area contributed by atoms with Crippen LogP contribution in [-0.4, -0.2) is 24.6 Å². The van der Waals surface area contributed by atoms with Gasteiger partial charge in [0.2, 0.25) is 0 Å². The van der Waals surface area contributed by atoms with Crippen molar-refractivity contribution in [3.8, 4) is 0 Å². The number of unbranched alkanes of at least 4 members (excludes halogenated alkanes) is 11. The fourth-order valence-electron chi connectivity index (χ4n) is 2.88. The lowest BCUT2D eigenvalue weighted by atomic mass is 10.1. The van der Waals surface area contributed by atoms with Gasteiger partial charge in [-0.05, 0) is 19.8 Å². The molecule has 26 heavy (non-hydrogen) atoms. The fraction of sp³-hybridized carbons (Fsp3) is 0.909. The topological polar surface area (TPSA) is 52.6 Å². The zero-order valence-electron chi connectivity index (χ0n) is 17.5. The molecule has 4 heteroatoms. The molecular formula is C22H42O4. The van der Waals surface area contributed by atoms with Crippen LogP contribution in [0.4, 0.5) is 0 Å². The Morgan fingerprint density at radius 3 is 1.58 bits per heavy atom. The van der Waals surface area contributed by atoms with Crippen molar-refractivity contribution >= 4 is 11.9 Å². The smallest absolute Gasteiger partial charge is 0.306 e. The van der Waals surface area contributed by atoms with Gasteiger partial charge in [-0.25, -0.2) is 0 Å². The van der Waals surface area contributed by atoms with Crippen molar-refractivity contribution in [1.29, 1.82) is 0 Å². The summed E-state index contributed by atoms with van der Waals surface area (Å²) >= 11 is 0. The first-order valence-electron chi connectivity index (χ1n) is 10.9. The van der Waals surface area contributed by atoms with Crippen molar-refractivity contribution < 1.29 is 19.1 Å². The number of hydrogen-bond donors (Lipinski definition) is 0. The summed E-state index contributed by atoms with van der Waals surface area (Å²) in [6.07, 6.45) is 15.7. The fourth-order valence-corrected chi connectivity index (χ4v) is 2.88. The van der Waals surface area contributed by atoms with Crippen LogP contribution >= 0.6 is 0 Å². The molecule has 0 saturated heterocycles. The molecule has 0 amide bonds. The van der Waals surface area contributed by atoms with Crippen molar-refractivity contribution in [3.05, 3.63) is 0 Å². The van der Waals surface area contributed by atoms with Gasteiger partial charge in [0.05, 0.1) is 0 Å². The second kappa shape index (κ2) is 18.7. The summed E-state index contributed by atoms with van der Waals surface area (Å²) in [7, 11) is 0. The average Bonchev–Trinajstić information content (AvgIpc) is 2.62. The molecule has 0 aromatic carbocycles. The van der Waals surface area contributed by atoms with Gasteiger partial charge in [0, 0.05) is 12.8 Å². The summed E-state index contributed by atoms with van der Waals surface area (Å²) in [5.74, 6) is -0.367. The van der Waals surface area contributed by atoms with Crippen molar-refractivity contribution in [2.45, 2.75) is 123 Å². The van der Waals surface area contributed by atoms with Gasteiger partial charge in [0.15, 0.2) is 0 Å². The number of esters is 2. The van der Waals surface area contributed by atoms with E-state index in [9.17, 15) is 9.59 Å². The van der Waals surface area contributed by atoms with Crippen LogP contribution in [0.5, 0.6) is 0 Å². The predicted molar refractivity (Wildman–Crippen MR) is 107 cm³/mol. The molecular weight excluding hydrogens is 328 g/mol. The Kier molecular flexibility index (Phi) is 18.0. The van der Waals surface area contributed by atoms with Crippen LogP contribution in [0.25, 0.3) is 0 Å². The van der Waals surface area contributed by atoms with Gasteiger partial charge in [-0.1, -0.05) is 84.5 Å². The molecule has 0 saturated carbocycles. The molecule has 0 N–H and O–H groups in total. The van der Waals surface area contributed by atoms with E-state index >= 15 is 0 Å². The number of ether oxygens (including phenoxy) is 2. The Labute approximate surface area is 161 Å². The normalized spacial score (nSPS) is 12.0. The highest BCUT2D eigenvalue weighted by Crippen LogP contribution is 2.10. The zero-order valence-corrected chi connectivity index (χ0v) is 17.5. The zero-order chi connectivity index (χ0) is 19.5. The predicted octanol–water partition coefficient (Wildman–Crippen LogP) is 6.35. The lowest BCUT2D eigenvalue weighted by Gasteiger charge is -2.13. The van der Waals surface area contributed by atoms with Crippen LogP contribution in [0, 0.1) is 0 Å². The molecule has 0 heterocycles. The standard InChI is InChI=1S/C22H42O4/c1-4-6-8-10-12-14-16-18-22(24)26-20(3)19-25-21(23)17-15-13-11-9-7-5-2/h20H,4-19H2,1-3H3/t20-/m0/s1. The highest BCUT2D eigenvalue weighted by molar-refractivity contribution is 5.70. The summed E-state index contributed by atoms with van der Waals surface area (Å²) in [5.41, 5.74) is 0. The monoisotopic (exact) mass is 370 g/mol. The molecule has 0 aliphatic carbocycles. The number of carbonyl (C=O) groups excluding carboxylic acids is 2. The van der Waals surface area contributed by atoms with Crippen LogP contribution in [0.2, 0.25) is 0 Å². The molecule has 0 spiro atoms. The summed E-state index contributed by atoms with van der Waals surface area (Å²) in [6.45, 7) is 6.35. The van der Waals surface area contributed by atoms with Gasteiger partial charge < -0.3 is 9.47 Å². The van der Waals surface area contributed by atoms with Gasteiger partial charge >= 0.3 is 11.9 Å². The quantitative estimate of drug-likeness (QED) is 0.208. The van der Waals surface area contributed by atoms with E-state index in [0.29, 0.717) is 12.8 Å². The van der Waals surface area contributed by atoms with E-state index in [1.54, 1.807) is 6.92 Å². The largest absolute Gasteiger partial charge is 0.462 e. The molecule has 0 aliphatic rings. The minimum atomic E-state index is -0.361. The van der Waals surface area contributed by atoms with Gasteiger partial charge in [-0.3, -0.25) is 9.59 Å². The molecule has 0 unspecified atom stereocenters. The van der Waals surface area contributed by atoms with Crippen molar-refractivity contribution in [2.75, 3.05) is 6.61 Å². The Hall–Kier alpha value is -1.06. The summed E-state index contributed by atoms with van der Waals surface area (Å²) in [5, 5.41) is 0. The van der Waals surface area contributed by atoms with Crippen molar-refractivity contribution in [1.82, 2.24) is 0 Å². The van der Waals surface area contributed by atoms with Gasteiger partial charge in [0.1, 0.15) is 12.7 Å². The van der Waals surface area contributed by atoms with Crippen LogP contribution in [-0.2, 0) is 19.1 Å². The van der Waals surface area contributed by atoms with E-state index in [1.165, 1.54) is 57.8 Å². The van der Waals surface area contributed by atoms with Gasteiger partial charge in [0.25, 0.3) is 0 Å². The molecule has 154 valence electrons. The second-order valence-corrected chi connectivity index (χ2v) is 7.37. The molecule has 0 radical (unpaired) electrons. The number of carbonyl (C=O) groups is 2. The third-order valence-corrected chi connectivity index (χ3v) is 4.53. The first-order valence-corrected chi connectivity index (χ1v) is 10.9. The summed E-state index contributed by atoms with van der Waals surface area (Å²) in [6, 6.07) is 0. The molecule has 0 aliphatic heterocycles. The first kappa shape index (κ1) is 24.9. The number of hydrogen-bond acceptors (Lipinski definition) is 4. The summed E-state index contributed by atoms with van der Waals surface area (Å²) in [4.78, 5) is 23.4. The Bertz CT molecular complexity index is 341. The van der Waals surface area contributed by atoms with Gasteiger partial charge in [-0.2, -0.15) is 0 Å². The summed E-state index contributed by atoms with van der Waals surface area (Å²) < 4.78 is 10.5. The lowest BCUT2D eigenvalue weighted by molar-refractivity contribution is -0.158. The maximum atomic E-state index is 11.8. The molecule has 1 atom stereocenters. The maximum absolute atomic E-state index is 11.8. The van der Waals surface area contributed by atoms with E-state index in [0.717, 1.165) is 25.7 Å². The first-order chi connectivity index (χ1) is 12.6. The van der Waals surface area contributed by atoms with Crippen LogP contribution in [0.15, 0.2) is 0 Å². The Morgan fingerprint density at radius 1 is 0.654 bits per heavy atom. The highest BCUT2D eigenvalue weighted by atomic mass is 16.6. The number of rotatable bonds is 18. The van der Waals surface area contributed by atoms with E-state index < -0.39 is 0 Å². The second-order valence-electron chi connectivity index (χ2n) is 7.37. The van der Waals surface area contributed by atoms with Crippen LogP contribution in [0.3, 0.4) is 0 Å². The molecule has 4 nitrogen and oxygen atoms in total. The third kappa shape index (κ3) is 17.8. The molecule has 0 aromatic rings. The van der Waals surface area contributed by atoms with E-state index in [2.05, 4.69) is 13.8 Å². The highest BCUT2D eigenvalue weighted by Gasteiger charge is 2.12. The van der Waals surface area contributed by atoms with Crippen LogP contribution < -0.4 is 0 Å². The SMILES string of the molecule is CCCCCCCCCC(=O)O[C@@H](C)COC(=O)CCCCCCCC. The minimum absolute atomic E-state index is 0.164. The maximum Gasteiger partial charge on any atom is 0.306 e. The molecule has 0 aromatic heterocycles. The Balaban J connectivity index is 3.51. The van der Waals surface area contributed by atoms with E-state index in [-0.39, 0.29) is 24.6 Å². The minimum Gasteiger partial charge on any atom is -0.462 e. The van der Waals surface area contributed by atoms with E-state index in [4.69, 9.17) is 9.47 Å². The van der Waals surface area contributed by atoms with Crippen molar-refractivity contribution in [2.24, 2.45) is 0 Å². The molecule has 0 bridgehead atoms. The van der Waals surface area contributed by atoms with Crippen LogP contribution in [0.1, 0.15) is 117 Å². The third-order valence-electron chi connectivity index (χ3n) is 4.53. The van der Waals surface area contributed by atoms with Gasteiger partial charge in [-0.15, -0.1) is 0 Å². The molecule has 0 fully saturated rings. The van der Waals surface area contributed by atoms with Crippen molar-refractivity contribution in [3.63, 3.8) is 0 Å². The van der Waals surface area contributed by atoms with E-state index in [1.807, 2.05) is 0 Å². The average molecular weight is 371 g/mol. The molecule has 0 rings (SSSR count). The Morgan fingerprint density at radius 2 is 1.08 bits per heavy atom.